The predicted octanol–water partition coefficient (Wildman–Crippen LogP) is 6.22. The number of benzene rings is 1. The van der Waals surface area contributed by atoms with E-state index in [4.69, 9.17) is 4.74 Å². The molecule has 244 valence electrons. The topological polar surface area (TPSA) is 91.0 Å². The molecule has 4 aliphatic rings. The fourth-order valence-corrected chi connectivity index (χ4v) is 8.48. The van der Waals surface area contributed by atoms with Crippen LogP contribution in [0.3, 0.4) is 0 Å². The van der Waals surface area contributed by atoms with Gasteiger partial charge in [0.25, 0.3) is 0 Å². The first-order valence-corrected chi connectivity index (χ1v) is 18.4. The van der Waals surface area contributed by atoms with E-state index in [1.165, 1.54) is 68.9 Å². The first kappa shape index (κ1) is 32.0. The van der Waals surface area contributed by atoms with Gasteiger partial charge in [0.15, 0.2) is 0 Å². The average Bonchev–Trinajstić information content (AvgIpc) is 3.61. The molecule has 0 radical (unpaired) electrons. The largest absolute Gasteiger partial charge is 0.415 e. The summed E-state index contributed by atoms with van der Waals surface area (Å²) >= 11 is 1.59. The molecule has 1 aromatic carbocycles. The van der Waals surface area contributed by atoms with Gasteiger partial charge in [-0.2, -0.15) is 0 Å². The molecule has 1 saturated heterocycles. The van der Waals surface area contributed by atoms with Crippen LogP contribution in [-0.2, 0) is 29.0 Å². The Morgan fingerprint density at radius 2 is 1.64 bits per heavy atom. The first-order chi connectivity index (χ1) is 22.0. The van der Waals surface area contributed by atoms with Crippen molar-refractivity contribution in [3.8, 4) is 5.75 Å². The van der Waals surface area contributed by atoms with Gasteiger partial charge < -0.3 is 25.2 Å². The van der Waals surface area contributed by atoms with Gasteiger partial charge in [-0.15, -0.1) is 11.3 Å². The summed E-state index contributed by atoms with van der Waals surface area (Å²) in [5.74, 6) is 0.854. The molecule has 3 fully saturated rings. The Morgan fingerprint density at radius 3 is 2.40 bits per heavy atom. The maximum Gasteiger partial charge on any atom is 0.415 e. The van der Waals surface area contributed by atoms with Crippen molar-refractivity contribution in [2.24, 2.45) is 5.92 Å². The van der Waals surface area contributed by atoms with Gasteiger partial charge in [0.05, 0.1) is 19.1 Å². The molecule has 2 aromatic rings. The molecule has 8 nitrogen and oxygen atoms in total. The molecule has 3 amide bonds. The Bertz CT molecular complexity index is 1270. The number of ether oxygens (including phenoxy) is 1. The summed E-state index contributed by atoms with van der Waals surface area (Å²) in [5.41, 5.74) is 2.59. The van der Waals surface area contributed by atoms with Crippen LogP contribution < -0.4 is 15.4 Å². The van der Waals surface area contributed by atoms with E-state index in [0.717, 1.165) is 43.4 Å². The second-order valence-corrected chi connectivity index (χ2v) is 14.6. The number of nitrogens with one attached hydrogen (secondary N) is 2. The number of amides is 3. The van der Waals surface area contributed by atoms with Crippen LogP contribution in [-0.4, -0.2) is 65.5 Å². The minimum absolute atomic E-state index is 0.00475. The number of aryl methyl sites for hydroxylation is 2. The Balaban J connectivity index is 1.17. The third-order valence-corrected chi connectivity index (χ3v) is 11.3. The van der Waals surface area contributed by atoms with Crippen molar-refractivity contribution >= 4 is 29.2 Å². The maximum absolute atomic E-state index is 14.4. The summed E-state index contributed by atoms with van der Waals surface area (Å²) in [6.45, 7) is 1.16. The smallest absolute Gasteiger partial charge is 0.410 e. The van der Waals surface area contributed by atoms with Crippen molar-refractivity contribution in [2.75, 3.05) is 19.6 Å². The monoisotopic (exact) mass is 634 g/mol. The van der Waals surface area contributed by atoms with Crippen LogP contribution in [0.15, 0.2) is 35.7 Å². The molecular weight excluding hydrogens is 584 g/mol. The predicted molar refractivity (Wildman–Crippen MR) is 177 cm³/mol. The SMILES string of the molecule is O=C(NCc1cccs1)[C@@H]1CN(C(=O)Oc2ccc3c(c2)CCCC3)CCN1C(=O)[C@@H](CC1CCCCC1)NC1CCCCC1. The highest BCUT2D eigenvalue weighted by atomic mass is 32.1. The summed E-state index contributed by atoms with van der Waals surface area (Å²) in [7, 11) is 0. The number of carbonyl (C=O) groups excluding carboxylic acids is 3. The lowest BCUT2D eigenvalue weighted by molar-refractivity contribution is -0.145. The molecular formula is C36H50N4O4S. The number of carbonyl (C=O) groups is 3. The molecule has 1 aromatic heterocycles. The van der Waals surface area contributed by atoms with Gasteiger partial charge in [-0.25, -0.2) is 4.79 Å². The second kappa shape index (κ2) is 15.6. The normalized spacial score (nSPS) is 22.0. The molecule has 0 bridgehead atoms. The number of hydrogen-bond acceptors (Lipinski definition) is 6. The van der Waals surface area contributed by atoms with E-state index in [2.05, 4.69) is 16.7 Å². The van der Waals surface area contributed by atoms with Gasteiger partial charge in [-0.3, -0.25) is 9.59 Å². The van der Waals surface area contributed by atoms with Crippen LogP contribution in [0, 0.1) is 5.92 Å². The molecule has 0 unspecified atom stereocenters. The highest BCUT2D eigenvalue weighted by Crippen LogP contribution is 2.30. The third-order valence-electron chi connectivity index (χ3n) is 10.4. The van der Waals surface area contributed by atoms with E-state index in [1.807, 2.05) is 29.6 Å². The van der Waals surface area contributed by atoms with E-state index in [9.17, 15) is 14.4 Å². The summed E-state index contributed by atoms with van der Waals surface area (Å²) < 4.78 is 5.85. The summed E-state index contributed by atoms with van der Waals surface area (Å²) in [6.07, 6.45) is 16.7. The molecule has 1 aliphatic heterocycles. The third kappa shape index (κ3) is 8.47. The number of hydrogen-bond donors (Lipinski definition) is 2. The van der Waals surface area contributed by atoms with E-state index in [1.54, 1.807) is 21.1 Å². The summed E-state index contributed by atoms with van der Waals surface area (Å²) in [5, 5.41) is 8.83. The van der Waals surface area contributed by atoms with Gasteiger partial charge in [0.1, 0.15) is 11.8 Å². The molecule has 2 atom stereocenters. The Hall–Kier alpha value is -2.91. The van der Waals surface area contributed by atoms with Crippen molar-refractivity contribution in [1.29, 1.82) is 0 Å². The van der Waals surface area contributed by atoms with Crippen molar-refractivity contribution in [3.63, 3.8) is 0 Å². The zero-order valence-electron chi connectivity index (χ0n) is 26.6. The Labute approximate surface area is 272 Å². The minimum Gasteiger partial charge on any atom is -0.410 e. The van der Waals surface area contributed by atoms with Gasteiger partial charge in [-0.05, 0) is 85.6 Å². The van der Waals surface area contributed by atoms with Crippen molar-refractivity contribution in [3.05, 3.63) is 51.7 Å². The van der Waals surface area contributed by atoms with Crippen LogP contribution in [0.25, 0.3) is 0 Å². The fourth-order valence-electron chi connectivity index (χ4n) is 7.83. The van der Waals surface area contributed by atoms with Gasteiger partial charge >= 0.3 is 6.09 Å². The van der Waals surface area contributed by atoms with Crippen LogP contribution in [0.4, 0.5) is 4.79 Å². The average molecular weight is 635 g/mol. The van der Waals surface area contributed by atoms with Crippen LogP contribution in [0.1, 0.15) is 99.5 Å². The van der Waals surface area contributed by atoms with Crippen LogP contribution in [0.2, 0.25) is 0 Å². The highest BCUT2D eigenvalue weighted by molar-refractivity contribution is 7.09. The Kier molecular flexibility index (Phi) is 11.1. The van der Waals surface area contributed by atoms with Crippen LogP contribution in [0.5, 0.6) is 5.75 Å². The van der Waals surface area contributed by atoms with Gasteiger partial charge in [0, 0.05) is 24.0 Å². The Morgan fingerprint density at radius 1 is 0.889 bits per heavy atom. The van der Waals surface area contributed by atoms with Gasteiger partial charge in [-0.1, -0.05) is 63.5 Å². The van der Waals surface area contributed by atoms with E-state index < -0.39 is 12.1 Å². The lowest BCUT2D eigenvalue weighted by atomic mass is 9.83. The molecule has 2 heterocycles. The molecule has 3 aliphatic carbocycles. The second-order valence-electron chi connectivity index (χ2n) is 13.6. The molecule has 2 N–H and O–H groups in total. The maximum atomic E-state index is 14.4. The minimum atomic E-state index is -0.774. The van der Waals surface area contributed by atoms with Crippen molar-refractivity contribution in [2.45, 2.75) is 121 Å². The number of thiophene rings is 1. The quantitative estimate of drug-likeness (QED) is 0.342. The van der Waals surface area contributed by atoms with E-state index in [0.29, 0.717) is 37.3 Å². The number of rotatable bonds is 9. The number of piperazine rings is 1. The van der Waals surface area contributed by atoms with E-state index >= 15 is 0 Å². The molecule has 6 rings (SSSR count). The lowest BCUT2D eigenvalue weighted by Gasteiger charge is -2.42. The zero-order chi connectivity index (χ0) is 31.0. The molecule has 2 saturated carbocycles. The highest BCUT2D eigenvalue weighted by Gasteiger charge is 2.41. The van der Waals surface area contributed by atoms with Crippen LogP contribution >= 0.6 is 11.3 Å². The standard InChI is InChI=1S/C36H50N4O4S/c41-34(37-24-31-16-9-21-45-31)33-25-39(36(43)44-30-18-17-27-12-7-8-13-28(27)23-30)19-20-40(33)35(42)32(22-26-10-3-1-4-11-26)38-29-14-5-2-6-15-29/h9,16-18,21,23,26,29,32-33,38H,1-8,10-15,19-20,22,24-25H2,(H,37,41)/t32-,33+/m1/s1. The number of fused-ring (bicyclic) bond motifs is 1. The summed E-state index contributed by atoms with van der Waals surface area (Å²) in [6, 6.07) is 9.15. The molecule has 45 heavy (non-hydrogen) atoms. The fraction of sp³-hybridized carbons (Fsp3) is 0.639. The number of nitrogens with zero attached hydrogens (tertiary/aromatic N) is 2. The molecule has 9 heteroatoms. The molecule has 0 spiro atoms. The summed E-state index contributed by atoms with van der Waals surface area (Å²) in [4.78, 5) is 46.1. The van der Waals surface area contributed by atoms with Gasteiger partial charge in [0.2, 0.25) is 11.8 Å². The van der Waals surface area contributed by atoms with Crippen molar-refractivity contribution < 1.29 is 19.1 Å². The lowest BCUT2D eigenvalue weighted by Crippen LogP contribution is -2.64. The zero-order valence-corrected chi connectivity index (χ0v) is 27.5. The first-order valence-electron chi connectivity index (χ1n) is 17.5. The van der Waals surface area contributed by atoms with E-state index in [-0.39, 0.29) is 24.4 Å². The van der Waals surface area contributed by atoms with Crippen molar-refractivity contribution in [1.82, 2.24) is 20.4 Å².